The number of aromatic amines is 4. The zero-order valence-electron chi connectivity index (χ0n) is 41.7. The molecule has 7 heterocycles. The summed E-state index contributed by atoms with van der Waals surface area (Å²) in [5.41, 5.74) is 15.7. The fourth-order valence-corrected chi connectivity index (χ4v) is 8.67. The molecule has 2 aliphatic rings. The lowest BCUT2D eigenvalue weighted by Crippen LogP contribution is -2.11. The molecule has 0 bridgehead atoms. The van der Waals surface area contributed by atoms with E-state index < -0.39 is 0 Å². The van der Waals surface area contributed by atoms with Gasteiger partial charge in [-0.2, -0.15) is 0 Å². The standard InChI is InChI=1S/C56H56N14/c1-53(2,3)33-21-13-29(14-22-33)37-38(30-15-23-34(24-16-30)54(4,5)6)58-42-41(57-37)61-45-46(62-42)66-50-49(65-45)69-51-52(70-50)68-48-47(67-51)63-43-44(64-48)60-40(32-19-27-36(28-20-32)56(10,11)12)39(59-43)31-17-25-35(26-18-31)55(7,8)9/h13-28H,1-12H3,(H2,57,59,61,63,65,67,69)(H2,58,60,62,64,66,68,70). The van der Waals surface area contributed by atoms with E-state index in [1.807, 2.05) is 0 Å². The minimum absolute atomic E-state index is 0.00135. The Bertz CT molecular complexity index is 3410. The summed E-state index contributed by atoms with van der Waals surface area (Å²) in [5, 5.41) is 0. The molecule has 14 nitrogen and oxygen atoms in total. The summed E-state index contributed by atoms with van der Waals surface area (Å²) in [6.07, 6.45) is 0. The van der Waals surface area contributed by atoms with Gasteiger partial charge in [0.25, 0.3) is 0 Å². The normalized spacial score (nSPS) is 12.9. The van der Waals surface area contributed by atoms with Gasteiger partial charge in [0.1, 0.15) is 0 Å². The molecule has 14 heteroatoms. The third-order valence-electron chi connectivity index (χ3n) is 13.0. The van der Waals surface area contributed by atoms with Gasteiger partial charge in [-0.1, -0.05) is 180 Å². The minimum Gasteiger partial charge on any atom is -0.319 e. The fraction of sp³-hybridized carbons (Fsp3) is 0.286. The van der Waals surface area contributed by atoms with Crippen LogP contribution in [-0.2, 0) is 21.7 Å². The smallest absolute Gasteiger partial charge is 0.202 e. The van der Waals surface area contributed by atoms with Crippen LogP contribution in [0.15, 0.2) is 97.1 Å². The van der Waals surface area contributed by atoms with Crippen LogP contribution >= 0.6 is 0 Å². The Balaban J connectivity index is 1.04. The highest BCUT2D eigenvalue weighted by molar-refractivity contribution is 5.90. The van der Waals surface area contributed by atoms with Crippen LogP contribution in [0, 0.1) is 0 Å². The van der Waals surface area contributed by atoms with E-state index in [0.29, 0.717) is 68.1 Å². The molecule has 9 aromatic rings. The first-order valence-corrected chi connectivity index (χ1v) is 23.8. The zero-order valence-corrected chi connectivity index (χ0v) is 41.7. The maximum absolute atomic E-state index is 5.21. The second-order valence-electron chi connectivity index (χ2n) is 22.4. The van der Waals surface area contributed by atoms with E-state index in [9.17, 15) is 0 Å². The second kappa shape index (κ2) is 15.8. The molecule has 4 N–H and O–H groups in total. The van der Waals surface area contributed by atoms with Crippen LogP contribution < -0.4 is 0 Å². The lowest BCUT2D eigenvalue weighted by atomic mass is 9.86. The minimum atomic E-state index is 0.00135. The van der Waals surface area contributed by atoms with Crippen molar-refractivity contribution < 1.29 is 0 Å². The summed E-state index contributed by atoms with van der Waals surface area (Å²) in [7, 11) is 0. The van der Waals surface area contributed by atoms with Gasteiger partial charge < -0.3 is 19.9 Å². The number of nitrogens with zero attached hydrogens (tertiary/aromatic N) is 10. The SMILES string of the molecule is CC(C)(C)c1ccc(-c2nc3nc4[nH]c5nc6nc7[nH]c8nc(-c9ccc(C(C)(C)C)cc9)c(-c9ccc(C(C)(C)C)cc9)nc8[nH]c7nc6nc5nc-4[nH]c3nc2-c2ccc(C(C)(C)C)cc2)cc1. The van der Waals surface area contributed by atoms with Crippen LogP contribution in [0.5, 0.6) is 0 Å². The lowest BCUT2D eigenvalue weighted by Gasteiger charge is -2.20. The van der Waals surface area contributed by atoms with Gasteiger partial charge in [-0.3, -0.25) is 0 Å². The van der Waals surface area contributed by atoms with Crippen molar-refractivity contribution >= 4 is 56.5 Å². The van der Waals surface area contributed by atoms with Crippen LogP contribution in [0.1, 0.15) is 105 Å². The number of H-pyrrole nitrogens is 4. The number of hydrogen-bond acceptors (Lipinski definition) is 10. The first-order chi connectivity index (χ1) is 33.1. The van der Waals surface area contributed by atoms with Crippen molar-refractivity contribution in [1.29, 1.82) is 0 Å². The molecule has 70 heavy (non-hydrogen) atoms. The zero-order chi connectivity index (χ0) is 49.1. The van der Waals surface area contributed by atoms with Crippen molar-refractivity contribution in [2.45, 2.75) is 105 Å². The van der Waals surface area contributed by atoms with E-state index in [4.69, 9.17) is 49.8 Å². The first-order valence-electron chi connectivity index (χ1n) is 23.8. The van der Waals surface area contributed by atoms with Crippen molar-refractivity contribution in [3.05, 3.63) is 119 Å². The van der Waals surface area contributed by atoms with Gasteiger partial charge in [-0.25, -0.2) is 49.8 Å². The van der Waals surface area contributed by atoms with E-state index in [1.165, 1.54) is 22.3 Å². The number of nitrogens with one attached hydrogen (secondary N) is 4. The second-order valence-corrected chi connectivity index (χ2v) is 22.4. The van der Waals surface area contributed by atoms with Crippen molar-refractivity contribution in [2.24, 2.45) is 0 Å². The van der Waals surface area contributed by atoms with E-state index in [1.54, 1.807) is 0 Å². The van der Waals surface area contributed by atoms with Gasteiger partial charge in [0, 0.05) is 22.3 Å². The Hall–Kier alpha value is -8.00. The quantitative estimate of drug-likeness (QED) is 0.123. The molecule has 0 saturated carbocycles. The van der Waals surface area contributed by atoms with E-state index >= 15 is 0 Å². The Morgan fingerprint density at radius 2 is 0.500 bits per heavy atom. The van der Waals surface area contributed by atoms with Crippen LogP contribution in [0.3, 0.4) is 0 Å². The number of fused-ring (bicyclic) bond motifs is 6. The largest absolute Gasteiger partial charge is 0.319 e. The van der Waals surface area contributed by atoms with Crippen molar-refractivity contribution in [1.82, 2.24) is 69.8 Å². The Labute approximate surface area is 405 Å². The molecule has 350 valence electrons. The van der Waals surface area contributed by atoms with Gasteiger partial charge in [0.15, 0.2) is 56.8 Å². The van der Waals surface area contributed by atoms with Crippen LogP contribution in [0.25, 0.3) is 113 Å². The van der Waals surface area contributed by atoms with E-state index in [2.05, 4.69) is 200 Å². The lowest BCUT2D eigenvalue weighted by molar-refractivity contribution is 0.590. The number of rotatable bonds is 4. The fourth-order valence-electron chi connectivity index (χ4n) is 8.67. The average molecular weight is 925 g/mol. The Morgan fingerprint density at radius 1 is 0.243 bits per heavy atom. The molecule has 4 aromatic carbocycles. The molecule has 11 rings (SSSR count). The maximum atomic E-state index is 5.21. The Kier molecular flexibility index (Phi) is 10.0. The average Bonchev–Trinajstić information content (AvgIpc) is 3.31. The molecule has 2 aliphatic heterocycles. The molecule has 0 atom stereocenters. The Morgan fingerprint density at radius 3 is 0.843 bits per heavy atom. The highest BCUT2D eigenvalue weighted by Gasteiger charge is 2.23. The topological polar surface area (TPSA) is 192 Å². The van der Waals surface area contributed by atoms with Gasteiger partial charge in [0.05, 0.1) is 22.8 Å². The van der Waals surface area contributed by atoms with E-state index in [-0.39, 0.29) is 21.7 Å². The number of benzene rings is 4. The van der Waals surface area contributed by atoms with Crippen LogP contribution in [0.4, 0.5) is 0 Å². The summed E-state index contributed by atoms with van der Waals surface area (Å²) < 4.78 is 0. The molecule has 0 radical (unpaired) electrons. The van der Waals surface area contributed by atoms with Crippen molar-refractivity contribution in [3.8, 4) is 56.7 Å². The number of hydrogen-bond donors (Lipinski definition) is 4. The molecular formula is C56H56N14. The molecule has 0 unspecified atom stereocenters. The molecule has 5 aromatic heterocycles. The molecular weight excluding hydrogens is 869 g/mol. The van der Waals surface area contributed by atoms with Gasteiger partial charge in [0.2, 0.25) is 11.3 Å². The van der Waals surface area contributed by atoms with E-state index in [0.717, 1.165) is 45.0 Å². The number of aromatic nitrogens is 14. The molecule has 0 aliphatic carbocycles. The molecule has 0 amide bonds. The predicted molar refractivity (Wildman–Crippen MR) is 280 cm³/mol. The summed E-state index contributed by atoms with van der Waals surface area (Å²) in [6, 6.07) is 34.2. The summed E-state index contributed by atoms with van der Waals surface area (Å²) in [4.78, 5) is 63.7. The third-order valence-corrected chi connectivity index (χ3v) is 13.0. The van der Waals surface area contributed by atoms with Crippen molar-refractivity contribution in [2.75, 3.05) is 0 Å². The van der Waals surface area contributed by atoms with Crippen LogP contribution in [-0.4, -0.2) is 69.8 Å². The van der Waals surface area contributed by atoms with Gasteiger partial charge in [-0.05, 0) is 43.9 Å². The maximum Gasteiger partial charge on any atom is 0.202 e. The molecule has 0 saturated heterocycles. The summed E-state index contributed by atoms with van der Waals surface area (Å²) in [6.45, 7) is 26.5. The predicted octanol–water partition coefficient (Wildman–Crippen LogP) is 12.8. The van der Waals surface area contributed by atoms with Crippen molar-refractivity contribution in [3.63, 3.8) is 0 Å². The summed E-state index contributed by atoms with van der Waals surface area (Å²) in [5.74, 6) is 0.863. The first kappa shape index (κ1) is 44.5. The van der Waals surface area contributed by atoms with Gasteiger partial charge >= 0.3 is 0 Å². The monoisotopic (exact) mass is 924 g/mol. The molecule has 0 fully saturated rings. The van der Waals surface area contributed by atoms with Gasteiger partial charge in [-0.15, -0.1) is 0 Å². The third kappa shape index (κ3) is 8.16. The summed E-state index contributed by atoms with van der Waals surface area (Å²) >= 11 is 0. The highest BCUT2D eigenvalue weighted by atomic mass is 15.2. The highest BCUT2D eigenvalue weighted by Crippen LogP contribution is 2.36. The van der Waals surface area contributed by atoms with Crippen LogP contribution in [0.2, 0.25) is 0 Å². The molecule has 0 spiro atoms.